The Morgan fingerprint density at radius 1 is 1.19 bits per heavy atom. The predicted molar refractivity (Wildman–Crippen MR) is 106 cm³/mol. The standard InChI is InChI=1S/C20H29N5O2/c1-3-21-20(22-12-7-11-19(26)27-4-2)23-15-17-9-5-6-10-18(17)16-25-14-8-13-24-25/h5-6,8-10,13-14H,3-4,7,11-12,15-16H2,1-2H3,(H2,21,22,23). The van der Waals surface area contributed by atoms with Gasteiger partial charge in [0, 0.05) is 31.9 Å². The predicted octanol–water partition coefficient (Wildman–Crippen LogP) is 2.33. The van der Waals surface area contributed by atoms with Crippen LogP contribution in [0.5, 0.6) is 0 Å². The first kappa shape index (κ1) is 20.5. The molecule has 1 heterocycles. The first-order valence-electron chi connectivity index (χ1n) is 9.45. The van der Waals surface area contributed by atoms with Crippen molar-refractivity contribution in [3.05, 3.63) is 53.9 Å². The molecule has 1 aromatic carbocycles. The summed E-state index contributed by atoms with van der Waals surface area (Å²) in [7, 11) is 0. The van der Waals surface area contributed by atoms with E-state index >= 15 is 0 Å². The Morgan fingerprint density at radius 3 is 2.70 bits per heavy atom. The Morgan fingerprint density at radius 2 is 2.00 bits per heavy atom. The number of guanidine groups is 1. The summed E-state index contributed by atoms with van der Waals surface area (Å²) < 4.78 is 6.84. The Hall–Kier alpha value is -2.83. The lowest BCUT2D eigenvalue weighted by atomic mass is 10.1. The summed E-state index contributed by atoms with van der Waals surface area (Å²) in [6.07, 6.45) is 4.85. The number of rotatable bonds is 10. The monoisotopic (exact) mass is 371 g/mol. The average molecular weight is 371 g/mol. The van der Waals surface area contributed by atoms with Gasteiger partial charge in [-0.1, -0.05) is 24.3 Å². The molecule has 0 fully saturated rings. The molecule has 2 rings (SSSR count). The van der Waals surface area contributed by atoms with Crippen LogP contribution in [-0.2, 0) is 22.6 Å². The van der Waals surface area contributed by atoms with E-state index in [1.807, 2.05) is 42.9 Å². The minimum Gasteiger partial charge on any atom is -0.466 e. The maximum Gasteiger partial charge on any atom is 0.305 e. The number of benzene rings is 1. The zero-order valence-electron chi connectivity index (χ0n) is 16.1. The maximum atomic E-state index is 11.4. The molecule has 0 amide bonds. The largest absolute Gasteiger partial charge is 0.466 e. The van der Waals surface area contributed by atoms with Crippen molar-refractivity contribution in [1.82, 2.24) is 20.4 Å². The number of esters is 1. The Balaban J connectivity index is 1.91. The van der Waals surface area contributed by atoms with Crippen LogP contribution >= 0.6 is 0 Å². The molecule has 7 nitrogen and oxygen atoms in total. The molecule has 0 saturated carbocycles. The number of hydrogen-bond acceptors (Lipinski definition) is 4. The van der Waals surface area contributed by atoms with Crippen LogP contribution in [0.25, 0.3) is 0 Å². The fourth-order valence-electron chi connectivity index (χ4n) is 2.61. The van der Waals surface area contributed by atoms with E-state index in [1.165, 1.54) is 5.56 Å². The maximum absolute atomic E-state index is 11.4. The summed E-state index contributed by atoms with van der Waals surface area (Å²) in [6.45, 7) is 7.01. The Labute approximate surface area is 160 Å². The third-order valence-electron chi connectivity index (χ3n) is 3.92. The van der Waals surface area contributed by atoms with Crippen LogP contribution < -0.4 is 10.6 Å². The van der Waals surface area contributed by atoms with Gasteiger partial charge in [0.05, 0.1) is 19.7 Å². The molecule has 1 aromatic heterocycles. The number of carbonyl (C=O) groups is 1. The molecule has 0 radical (unpaired) electrons. The summed E-state index contributed by atoms with van der Waals surface area (Å²) in [4.78, 5) is 16.1. The van der Waals surface area contributed by atoms with Crippen molar-refractivity contribution >= 4 is 11.9 Å². The molecule has 0 saturated heterocycles. The molecule has 0 unspecified atom stereocenters. The lowest BCUT2D eigenvalue weighted by molar-refractivity contribution is -0.143. The van der Waals surface area contributed by atoms with E-state index in [0.717, 1.165) is 24.6 Å². The van der Waals surface area contributed by atoms with E-state index in [2.05, 4.69) is 32.9 Å². The summed E-state index contributed by atoms with van der Waals surface area (Å²) >= 11 is 0. The van der Waals surface area contributed by atoms with Gasteiger partial charge < -0.3 is 15.4 Å². The third kappa shape index (κ3) is 7.52. The van der Waals surface area contributed by atoms with E-state index in [4.69, 9.17) is 4.74 Å². The molecule has 0 aliphatic rings. The lowest BCUT2D eigenvalue weighted by Crippen LogP contribution is -2.37. The molecule has 146 valence electrons. The molecular formula is C20H29N5O2. The highest BCUT2D eigenvalue weighted by molar-refractivity contribution is 5.79. The molecule has 0 aliphatic carbocycles. The van der Waals surface area contributed by atoms with Crippen molar-refractivity contribution in [2.75, 3.05) is 19.7 Å². The van der Waals surface area contributed by atoms with Gasteiger partial charge in [-0.25, -0.2) is 4.99 Å². The van der Waals surface area contributed by atoms with Crippen molar-refractivity contribution in [2.24, 2.45) is 4.99 Å². The van der Waals surface area contributed by atoms with E-state index in [-0.39, 0.29) is 5.97 Å². The number of nitrogens with one attached hydrogen (secondary N) is 2. The van der Waals surface area contributed by atoms with Crippen LogP contribution in [0.1, 0.15) is 37.8 Å². The number of ether oxygens (including phenoxy) is 1. The molecule has 0 atom stereocenters. The van der Waals surface area contributed by atoms with Gasteiger partial charge in [-0.2, -0.15) is 5.10 Å². The van der Waals surface area contributed by atoms with Gasteiger partial charge in [0.1, 0.15) is 0 Å². The number of aromatic nitrogens is 2. The van der Waals surface area contributed by atoms with Gasteiger partial charge in [-0.15, -0.1) is 0 Å². The first-order chi connectivity index (χ1) is 13.2. The van der Waals surface area contributed by atoms with Gasteiger partial charge in [-0.3, -0.25) is 9.48 Å². The minimum absolute atomic E-state index is 0.159. The molecule has 0 aliphatic heterocycles. The third-order valence-corrected chi connectivity index (χ3v) is 3.92. The minimum atomic E-state index is -0.159. The van der Waals surface area contributed by atoms with Gasteiger partial charge in [0.25, 0.3) is 0 Å². The Kier molecular flexibility index (Phi) is 8.89. The van der Waals surface area contributed by atoms with E-state index < -0.39 is 0 Å². The van der Waals surface area contributed by atoms with Crippen molar-refractivity contribution in [3.63, 3.8) is 0 Å². The zero-order chi connectivity index (χ0) is 19.3. The SMILES string of the molecule is CCNC(=NCc1ccccc1Cn1cccn1)NCCCC(=O)OCC. The van der Waals surface area contributed by atoms with Gasteiger partial charge >= 0.3 is 5.97 Å². The van der Waals surface area contributed by atoms with Gasteiger partial charge in [-0.05, 0) is 37.5 Å². The van der Waals surface area contributed by atoms with Crippen LogP contribution in [0.2, 0.25) is 0 Å². The molecule has 0 spiro atoms. The highest BCUT2D eigenvalue weighted by Gasteiger charge is 2.05. The fraction of sp³-hybridized carbons (Fsp3) is 0.450. The Bertz CT molecular complexity index is 713. The number of hydrogen-bond donors (Lipinski definition) is 2. The normalized spacial score (nSPS) is 11.3. The highest BCUT2D eigenvalue weighted by Crippen LogP contribution is 2.11. The fourth-order valence-corrected chi connectivity index (χ4v) is 2.61. The quantitative estimate of drug-likeness (QED) is 0.290. The summed E-state index contributed by atoms with van der Waals surface area (Å²) in [5, 5.41) is 10.8. The molecule has 27 heavy (non-hydrogen) atoms. The number of carbonyl (C=O) groups excluding carboxylic acids is 1. The smallest absolute Gasteiger partial charge is 0.305 e. The van der Waals surface area contributed by atoms with Crippen LogP contribution in [0, 0.1) is 0 Å². The second-order valence-electron chi connectivity index (χ2n) is 6.00. The van der Waals surface area contributed by atoms with Crippen molar-refractivity contribution in [2.45, 2.75) is 39.8 Å². The molecule has 7 heteroatoms. The van der Waals surface area contributed by atoms with E-state index in [0.29, 0.717) is 32.5 Å². The van der Waals surface area contributed by atoms with E-state index in [9.17, 15) is 4.79 Å². The summed E-state index contributed by atoms with van der Waals surface area (Å²) in [6, 6.07) is 10.2. The highest BCUT2D eigenvalue weighted by atomic mass is 16.5. The topological polar surface area (TPSA) is 80.5 Å². The summed E-state index contributed by atoms with van der Waals surface area (Å²) in [5.74, 6) is 0.587. The molecule has 0 bridgehead atoms. The van der Waals surface area contributed by atoms with Crippen LogP contribution in [0.4, 0.5) is 0 Å². The van der Waals surface area contributed by atoms with E-state index in [1.54, 1.807) is 6.20 Å². The van der Waals surface area contributed by atoms with Crippen molar-refractivity contribution in [3.8, 4) is 0 Å². The second kappa shape index (κ2) is 11.7. The van der Waals surface area contributed by atoms with Gasteiger partial charge in [0.15, 0.2) is 5.96 Å². The van der Waals surface area contributed by atoms with Crippen LogP contribution in [0.3, 0.4) is 0 Å². The second-order valence-corrected chi connectivity index (χ2v) is 6.00. The van der Waals surface area contributed by atoms with Crippen LogP contribution in [-0.4, -0.2) is 41.4 Å². The zero-order valence-corrected chi connectivity index (χ0v) is 16.1. The first-order valence-corrected chi connectivity index (χ1v) is 9.45. The molecule has 2 N–H and O–H groups in total. The van der Waals surface area contributed by atoms with Crippen LogP contribution in [0.15, 0.2) is 47.7 Å². The van der Waals surface area contributed by atoms with Crippen molar-refractivity contribution < 1.29 is 9.53 Å². The summed E-state index contributed by atoms with van der Waals surface area (Å²) in [5.41, 5.74) is 2.36. The van der Waals surface area contributed by atoms with Gasteiger partial charge in [0.2, 0.25) is 0 Å². The lowest BCUT2D eigenvalue weighted by Gasteiger charge is -2.12. The molecule has 2 aromatic rings. The number of aliphatic imine (C=N–C) groups is 1. The van der Waals surface area contributed by atoms with Crippen molar-refractivity contribution in [1.29, 1.82) is 0 Å². The average Bonchev–Trinajstić information content (AvgIpc) is 3.17. The molecular weight excluding hydrogens is 342 g/mol. The number of nitrogens with zero attached hydrogens (tertiary/aromatic N) is 3.